The summed E-state index contributed by atoms with van der Waals surface area (Å²) < 4.78 is 5.10. The van der Waals surface area contributed by atoms with Crippen LogP contribution in [0.25, 0.3) is 10.2 Å². The van der Waals surface area contributed by atoms with E-state index in [-0.39, 0.29) is 5.91 Å². The van der Waals surface area contributed by atoms with E-state index in [4.69, 9.17) is 4.74 Å². The van der Waals surface area contributed by atoms with Crippen molar-refractivity contribution in [2.45, 2.75) is 6.54 Å². The van der Waals surface area contributed by atoms with Gasteiger partial charge in [-0.05, 0) is 23.8 Å². The lowest BCUT2D eigenvalue weighted by atomic mass is 10.2. The van der Waals surface area contributed by atoms with Crippen molar-refractivity contribution in [3.8, 4) is 5.75 Å². The molecule has 106 valence electrons. The van der Waals surface area contributed by atoms with Crippen LogP contribution in [0.15, 0.2) is 42.9 Å². The first-order chi connectivity index (χ1) is 10.3. The van der Waals surface area contributed by atoms with Gasteiger partial charge in [0.25, 0.3) is 5.91 Å². The molecule has 1 amide bonds. The molecule has 0 unspecified atom stereocenters. The summed E-state index contributed by atoms with van der Waals surface area (Å²) in [6.45, 7) is 0.475. The lowest BCUT2D eigenvalue weighted by Crippen LogP contribution is -2.21. The average Bonchev–Trinajstić information content (AvgIpc) is 2.97. The highest BCUT2D eigenvalue weighted by molar-refractivity contribution is 7.20. The second-order valence-electron chi connectivity index (χ2n) is 4.42. The number of thiophene rings is 1. The van der Waals surface area contributed by atoms with Crippen LogP contribution in [0.1, 0.15) is 15.2 Å². The highest BCUT2D eigenvalue weighted by atomic mass is 32.1. The van der Waals surface area contributed by atoms with Gasteiger partial charge in [0.05, 0.1) is 12.0 Å². The zero-order chi connectivity index (χ0) is 14.7. The molecule has 0 radical (unpaired) electrons. The Balaban J connectivity index is 1.68. The third-order valence-corrected chi connectivity index (χ3v) is 4.09. The minimum Gasteiger partial charge on any atom is -0.497 e. The summed E-state index contributed by atoms with van der Waals surface area (Å²) in [5, 5.41) is 3.78. The molecule has 3 aromatic rings. The number of fused-ring (bicyclic) bond motifs is 1. The van der Waals surface area contributed by atoms with E-state index in [1.807, 2.05) is 30.3 Å². The van der Waals surface area contributed by atoms with Gasteiger partial charge in [-0.2, -0.15) is 0 Å². The zero-order valence-corrected chi connectivity index (χ0v) is 12.2. The number of hydrogen-bond acceptors (Lipinski definition) is 5. The highest BCUT2D eigenvalue weighted by Crippen LogP contribution is 2.22. The van der Waals surface area contributed by atoms with Gasteiger partial charge in [0.15, 0.2) is 0 Å². The number of rotatable bonds is 4. The largest absolute Gasteiger partial charge is 0.497 e. The Morgan fingerprint density at radius 1 is 1.33 bits per heavy atom. The van der Waals surface area contributed by atoms with Gasteiger partial charge in [0.1, 0.15) is 16.9 Å². The van der Waals surface area contributed by atoms with E-state index in [1.165, 1.54) is 17.7 Å². The SMILES string of the molecule is COc1ccc(CNC(=O)c2cc3cncnc3s2)cc1. The molecule has 0 bridgehead atoms. The number of benzene rings is 1. The summed E-state index contributed by atoms with van der Waals surface area (Å²) in [5.41, 5.74) is 1.02. The molecule has 5 nitrogen and oxygen atoms in total. The van der Waals surface area contributed by atoms with Gasteiger partial charge >= 0.3 is 0 Å². The molecule has 21 heavy (non-hydrogen) atoms. The minimum atomic E-state index is -0.103. The number of nitrogens with zero attached hydrogens (tertiary/aromatic N) is 2. The summed E-state index contributed by atoms with van der Waals surface area (Å²) in [5.74, 6) is 0.696. The number of ether oxygens (including phenoxy) is 1. The molecule has 2 aromatic heterocycles. The van der Waals surface area contributed by atoms with Crippen molar-refractivity contribution < 1.29 is 9.53 Å². The maximum absolute atomic E-state index is 12.1. The number of carbonyl (C=O) groups excluding carboxylic acids is 1. The summed E-state index contributed by atoms with van der Waals surface area (Å²) in [4.78, 5) is 21.7. The number of methoxy groups -OCH3 is 1. The molecular weight excluding hydrogens is 286 g/mol. The average molecular weight is 299 g/mol. The second kappa shape index (κ2) is 5.88. The van der Waals surface area contributed by atoms with E-state index in [1.54, 1.807) is 13.3 Å². The topological polar surface area (TPSA) is 64.1 Å². The molecule has 6 heteroatoms. The zero-order valence-electron chi connectivity index (χ0n) is 11.4. The molecule has 1 N–H and O–H groups in total. The molecule has 0 atom stereocenters. The molecule has 1 aromatic carbocycles. The van der Waals surface area contributed by atoms with Gasteiger partial charge < -0.3 is 10.1 Å². The predicted molar refractivity (Wildman–Crippen MR) is 81.6 cm³/mol. The molecule has 2 heterocycles. The van der Waals surface area contributed by atoms with E-state index in [0.717, 1.165) is 21.5 Å². The van der Waals surface area contributed by atoms with Crippen LogP contribution in [-0.4, -0.2) is 23.0 Å². The normalized spacial score (nSPS) is 10.5. The minimum absolute atomic E-state index is 0.103. The summed E-state index contributed by atoms with van der Waals surface area (Å²) in [6.07, 6.45) is 3.19. The van der Waals surface area contributed by atoms with Gasteiger partial charge in [-0.1, -0.05) is 12.1 Å². The maximum Gasteiger partial charge on any atom is 0.261 e. The molecule has 0 aliphatic carbocycles. The van der Waals surface area contributed by atoms with Gasteiger partial charge in [-0.25, -0.2) is 9.97 Å². The van der Waals surface area contributed by atoms with Crippen LogP contribution >= 0.6 is 11.3 Å². The summed E-state index contributed by atoms with van der Waals surface area (Å²) >= 11 is 1.36. The fourth-order valence-corrected chi connectivity index (χ4v) is 2.80. The third-order valence-electron chi connectivity index (χ3n) is 3.03. The van der Waals surface area contributed by atoms with E-state index >= 15 is 0 Å². The number of nitrogens with one attached hydrogen (secondary N) is 1. The molecule has 0 aliphatic heterocycles. The van der Waals surface area contributed by atoms with Crippen LogP contribution in [0.3, 0.4) is 0 Å². The van der Waals surface area contributed by atoms with Crippen molar-refractivity contribution in [2.75, 3.05) is 7.11 Å². The second-order valence-corrected chi connectivity index (χ2v) is 5.46. The van der Waals surface area contributed by atoms with Crippen molar-refractivity contribution in [3.63, 3.8) is 0 Å². The van der Waals surface area contributed by atoms with Crippen molar-refractivity contribution in [2.24, 2.45) is 0 Å². The number of hydrogen-bond donors (Lipinski definition) is 1. The van der Waals surface area contributed by atoms with Crippen LogP contribution in [0, 0.1) is 0 Å². The van der Waals surface area contributed by atoms with Crippen molar-refractivity contribution >= 4 is 27.5 Å². The first-order valence-electron chi connectivity index (χ1n) is 6.37. The predicted octanol–water partition coefficient (Wildman–Crippen LogP) is 2.63. The summed E-state index contributed by atoms with van der Waals surface area (Å²) in [7, 11) is 1.63. The van der Waals surface area contributed by atoms with Gasteiger partial charge in [-0.3, -0.25) is 4.79 Å². The smallest absolute Gasteiger partial charge is 0.261 e. The van der Waals surface area contributed by atoms with E-state index in [0.29, 0.717) is 11.4 Å². The monoisotopic (exact) mass is 299 g/mol. The Labute approximate surface area is 125 Å². The van der Waals surface area contributed by atoms with Gasteiger partial charge in [0.2, 0.25) is 0 Å². The first kappa shape index (κ1) is 13.5. The lowest BCUT2D eigenvalue weighted by molar-refractivity contribution is 0.0955. The fraction of sp³-hybridized carbons (Fsp3) is 0.133. The first-order valence-corrected chi connectivity index (χ1v) is 7.18. The Morgan fingerprint density at radius 2 is 2.14 bits per heavy atom. The Hall–Kier alpha value is -2.47. The molecule has 0 saturated heterocycles. The molecule has 3 rings (SSSR count). The Bertz CT molecular complexity index is 735. The number of carbonyl (C=O) groups is 1. The van der Waals surface area contributed by atoms with Crippen LogP contribution < -0.4 is 10.1 Å². The van der Waals surface area contributed by atoms with Crippen LogP contribution in [0.4, 0.5) is 0 Å². The molecule has 0 fully saturated rings. The van der Waals surface area contributed by atoms with Crippen LogP contribution in [-0.2, 0) is 6.54 Å². The maximum atomic E-state index is 12.1. The van der Waals surface area contributed by atoms with Crippen LogP contribution in [0.5, 0.6) is 5.75 Å². The van der Waals surface area contributed by atoms with Gasteiger partial charge in [-0.15, -0.1) is 11.3 Å². The molecule has 0 spiro atoms. The Morgan fingerprint density at radius 3 is 2.86 bits per heavy atom. The molecule has 0 saturated carbocycles. The van der Waals surface area contributed by atoms with Crippen molar-refractivity contribution in [1.82, 2.24) is 15.3 Å². The van der Waals surface area contributed by atoms with Crippen molar-refractivity contribution in [1.29, 1.82) is 0 Å². The number of aromatic nitrogens is 2. The quantitative estimate of drug-likeness (QED) is 0.804. The molecular formula is C15H13N3O2S. The number of amides is 1. The van der Waals surface area contributed by atoms with Gasteiger partial charge in [0, 0.05) is 18.1 Å². The van der Waals surface area contributed by atoms with Crippen molar-refractivity contribution in [3.05, 3.63) is 53.3 Å². The van der Waals surface area contributed by atoms with E-state index in [2.05, 4.69) is 15.3 Å². The van der Waals surface area contributed by atoms with E-state index in [9.17, 15) is 4.79 Å². The summed E-state index contributed by atoms with van der Waals surface area (Å²) in [6, 6.07) is 9.40. The lowest BCUT2D eigenvalue weighted by Gasteiger charge is -2.05. The highest BCUT2D eigenvalue weighted by Gasteiger charge is 2.10. The Kier molecular flexibility index (Phi) is 3.79. The van der Waals surface area contributed by atoms with E-state index < -0.39 is 0 Å². The standard InChI is InChI=1S/C15H13N3O2S/c1-20-12-4-2-10(3-5-12)7-17-14(19)13-6-11-8-16-9-18-15(11)21-13/h2-6,8-9H,7H2,1H3,(H,17,19). The third kappa shape index (κ3) is 3.00. The van der Waals surface area contributed by atoms with Crippen LogP contribution in [0.2, 0.25) is 0 Å². The fourth-order valence-electron chi connectivity index (χ4n) is 1.91. The molecule has 0 aliphatic rings.